The fourth-order valence-corrected chi connectivity index (χ4v) is 7.17. The summed E-state index contributed by atoms with van der Waals surface area (Å²) in [6.45, 7) is 4.29. The molecule has 3 heterocycles. The van der Waals surface area contributed by atoms with E-state index in [0.29, 0.717) is 44.1 Å². The molecule has 0 aliphatic carbocycles. The van der Waals surface area contributed by atoms with Crippen molar-refractivity contribution >= 4 is 44.2 Å². The van der Waals surface area contributed by atoms with E-state index in [2.05, 4.69) is 9.55 Å². The number of fused-ring (bicyclic) bond motifs is 1. The number of aryl methyl sites for hydroxylation is 1. The number of rotatable bonds is 7. The Kier molecular flexibility index (Phi) is 6.72. The number of halogens is 1. The van der Waals surface area contributed by atoms with Gasteiger partial charge in [0.15, 0.2) is 5.16 Å². The molecular formula is C23H23FN4O3S3. The second kappa shape index (κ2) is 9.74. The van der Waals surface area contributed by atoms with Gasteiger partial charge in [-0.15, -0.1) is 11.3 Å². The molecule has 0 amide bonds. The van der Waals surface area contributed by atoms with E-state index in [-0.39, 0.29) is 10.7 Å². The average molecular weight is 519 g/mol. The number of ether oxygens (including phenoxy) is 1. The van der Waals surface area contributed by atoms with Crippen molar-refractivity contribution in [1.29, 1.82) is 0 Å². The van der Waals surface area contributed by atoms with E-state index >= 15 is 0 Å². The molecule has 2 aromatic carbocycles. The third kappa shape index (κ3) is 4.63. The summed E-state index contributed by atoms with van der Waals surface area (Å²) in [6, 6.07) is 11.5. The Bertz CT molecular complexity index is 1410. The Hall–Kier alpha value is -2.31. The van der Waals surface area contributed by atoms with Crippen LogP contribution in [-0.2, 0) is 27.1 Å². The minimum absolute atomic E-state index is 0.252. The number of morpholine rings is 1. The van der Waals surface area contributed by atoms with Crippen LogP contribution in [0.25, 0.3) is 21.6 Å². The second-order valence-electron chi connectivity index (χ2n) is 7.75. The summed E-state index contributed by atoms with van der Waals surface area (Å²) in [5.41, 5.74) is 3.36. The van der Waals surface area contributed by atoms with Gasteiger partial charge in [0.2, 0.25) is 10.0 Å². The smallest absolute Gasteiger partial charge is 0.243 e. The molecule has 0 saturated carbocycles. The van der Waals surface area contributed by atoms with Gasteiger partial charge in [0.1, 0.15) is 10.8 Å². The zero-order valence-corrected chi connectivity index (χ0v) is 20.9. The molecule has 0 spiro atoms. The van der Waals surface area contributed by atoms with Gasteiger partial charge in [-0.2, -0.15) is 4.31 Å². The third-order valence-electron chi connectivity index (χ3n) is 5.60. The van der Waals surface area contributed by atoms with Crippen LogP contribution in [0, 0.1) is 5.82 Å². The Labute approximate surface area is 205 Å². The second-order valence-corrected chi connectivity index (χ2v) is 11.5. The molecule has 4 aromatic rings. The van der Waals surface area contributed by atoms with Gasteiger partial charge in [-0.1, -0.05) is 11.8 Å². The fraction of sp³-hybridized carbons (Fsp3) is 0.304. The Morgan fingerprint density at radius 3 is 2.62 bits per heavy atom. The van der Waals surface area contributed by atoms with Crippen molar-refractivity contribution in [3.63, 3.8) is 0 Å². The highest BCUT2D eigenvalue weighted by Gasteiger charge is 2.27. The first-order chi connectivity index (χ1) is 16.5. The normalized spacial score (nSPS) is 15.2. The summed E-state index contributed by atoms with van der Waals surface area (Å²) in [7, 11) is -3.58. The lowest BCUT2D eigenvalue weighted by atomic mass is 10.2. The Balaban J connectivity index is 1.37. The molecule has 7 nitrogen and oxygen atoms in total. The van der Waals surface area contributed by atoms with Crippen molar-refractivity contribution in [3.05, 3.63) is 59.4 Å². The van der Waals surface area contributed by atoms with Gasteiger partial charge in [0, 0.05) is 36.3 Å². The van der Waals surface area contributed by atoms with E-state index < -0.39 is 10.0 Å². The lowest BCUT2D eigenvalue weighted by Crippen LogP contribution is -2.40. The fourth-order valence-electron chi connectivity index (χ4n) is 3.84. The molecule has 5 rings (SSSR count). The maximum Gasteiger partial charge on any atom is 0.243 e. The molecule has 11 heteroatoms. The molecule has 1 aliphatic heterocycles. The van der Waals surface area contributed by atoms with Gasteiger partial charge in [-0.05, 0) is 49.4 Å². The summed E-state index contributed by atoms with van der Waals surface area (Å²) < 4.78 is 48.1. The summed E-state index contributed by atoms with van der Waals surface area (Å²) >= 11 is 3.08. The molecule has 0 N–H and O–H groups in total. The molecule has 0 bridgehead atoms. The summed E-state index contributed by atoms with van der Waals surface area (Å²) in [5.74, 6) is 0.357. The maximum absolute atomic E-state index is 13.2. The zero-order chi connectivity index (χ0) is 23.7. The third-order valence-corrected chi connectivity index (χ3v) is 9.45. The predicted molar refractivity (Wildman–Crippen MR) is 132 cm³/mol. The lowest BCUT2D eigenvalue weighted by Gasteiger charge is -2.26. The van der Waals surface area contributed by atoms with Gasteiger partial charge in [-0.3, -0.25) is 0 Å². The topological polar surface area (TPSA) is 77.3 Å². The van der Waals surface area contributed by atoms with Crippen LogP contribution in [0.5, 0.6) is 0 Å². The first-order valence-corrected chi connectivity index (χ1v) is 14.2. The number of hydrogen-bond donors (Lipinski definition) is 0. The highest BCUT2D eigenvalue weighted by molar-refractivity contribution is 7.98. The van der Waals surface area contributed by atoms with E-state index in [9.17, 15) is 12.8 Å². The van der Waals surface area contributed by atoms with E-state index in [0.717, 1.165) is 26.9 Å². The Morgan fingerprint density at radius 2 is 1.88 bits per heavy atom. The van der Waals surface area contributed by atoms with Crippen LogP contribution in [0.1, 0.15) is 12.6 Å². The quantitative estimate of drug-likeness (QED) is 0.332. The highest BCUT2D eigenvalue weighted by atomic mass is 32.2. The largest absolute Gasteiger partial charge is 0.379 e. The number of nitrogens with zero attached hydrogens (tertiary/aromatic N) is 4. The number of imidazole rings is 1. The first kappa shape index (κ1) is 23.4. The van der Waals surface area contributed by atoms with E-state index in [1.54, 1.807) is 36.0 Å². The summed E-state index contributed by atoms with van der Waals surface area (Å²) in [4.78, 5) is 9.67. The van der Waals surface area contributed by atoms with Crippen molar-refractivity contribution in [2.45, 2.75) is 29.3 Å². The molecule has 0 unspecified atom stereocenters. The van der Waals surface area contributed by atoms with Gasteiger partial charge in [0.05, 0.1) is 34.8 Å². The van der Waals surface area contributed by atoms with Gasteiger partial charge in [0.25, 0.3) is 0 Å². The molecular weight excluding hydrogens is 495 g/mol. The minimum Gasteiger partial charge on any atom is -0.379 e. The summed E-state index contributed by atoms with van der Waals surface area (Å²) in [6.07, 6.45) is 0. The lowest BCUT2D eigenvalue weighted by molar-refractivity contribution is 0.0730. The number of thioether (sulfide) groups is 1. The van der Waals surface area contributed by atoms with E-state index in [1.807, 2.05) is 18.4 Å². The number of hydrogen-bond acceptors (Lipinski definition) is 7. The predicted octanol–water partition coefficient (Wildman–Crippen LogP) is 4.63. The van der Waals surface area contributed by atoms with Crippen molar-refractivity contribution in [2.75, 3.05) is 26.3 Å². The van der Waals surface area contributed by atoms with Crippen LogP contribution in [0.2, 0.25) is 0 Å². The number of benzene rings is 2. The van der Waals surface area contributed by atoms with Gasteiger partial charge < -0.3 is 9.30 Å². The molecule has 1 fully saturated rings. The Morgan fingerprint density at radius 1 is 1.12 bits per heavy atom. The van der Waals surface area contributed by atoms with Crippen molar-refractivity contribution in [3.8, 4) is 10.6 Å². The van der Waals surface area contributed by atoms with Crippen LogP contribution >= 0.6 is 23.1 Å². The first-order valence-electron chi connectivity index (χ1n) is 10.9. The van der Waals surface area contributed by atoms with Crippen molar-refractivity contribution < 1.29 is 17.5 Å². The molecule has 0 atom stereocenters. The van der Waals surface area contributed by atoms with Gasteiger partial charge >= 0.3 is 0 Å². The zero-order valence-electron chi connectivity index (χ0n) is 18.5. The van der Waals surface area contributed by atoms with Crippen LogP contribution in [0.4, 0.5) is 4.39 Å². The molecule has 1 aliphatic rings. The minimum atomic E-state index is -3.58. The standard InChI is InChI=1S/C23H23FN4O3S3/c1-2-28-21-8-7-19(34(29,30)27-9-11-31-12-10-27)13-20(21)26-23(28)33-15-18-14-32-22(25-18)16-3-5-17(24)6-4-16/h3-8,13-14H,2,9-12,15H2,1H3. The number of aromatic nitrogens is 3. The molecule has 0 radical (unpaired) electrons. The number of thiazole rings is 1. The molecule has 178 valence electrons. The van der Waals surface area contributed by atoms with Crippen molar-refractivity contribution in [1.82, 2.24) is 18.8 Å². The van der Waals surface area contributed by atoms with E-state index in [4.69, 9.17) is 9.72 Å². The molecule has 34 heavy (non-hydrogen) atoms. The highest BCUT2D eigenvalue weighted by Crippen LogP contribution is 2.31. The summed E-state index contributed by atoms with van der Waals surface area (Å²) in [5, 5.41) is 3.66. The SMILES string of the molecule is CCn1c(SCc2csc(-c3ccc(F)cc3)n2)nc2cc(S(=O)(=O)N3CCOCC3)ccc21. The van der Waals surface area contributed by atoms with Crippen LogP contribution < -0.4 is 0 Å². The van der Waals surface area contributed by atoms with E-state index in [1.165, 1.54) is 27.8 Å². The van der Waals surface area contributed by atoms with Crippen LogP contribution in [0.15, 0.2) is 57.9 Å². The maximum atomic E-state index is 13.2. The number of sulfonamides is 1. The van der Waals surface area contributed by atoms with Crippen molar-refractivity contribution in [2.24, 2.45) is 0 Å². The van der Waals surface area contributed by atoms with Crippen LogP contribution in [-0.4, -0.2) is 53.6 Å². The van der Waals surface area contributed by atoms with Crippen LogP contribution in [0.3, 0.4) is 0 Å². The average Bonchev–Trinajstić information content (AvgIpc) is 3.47. The molecule has 2 aromatic heterocycles. The van der Waals surface area contributed by atoms with Gasteiger partial charge in [-0.25, -0.2) is 22.8 Å². The molecule has 1 saturated heterocycles. The monoisotopic (exact) mass is 518 g/mol.